The van der Waals surface area contributed by atoms with Crippen LogP contribution in [0.5, 0.6) is 0 Å². The first-order valence-electron chi connectivity index (χ1n) is 11.6. The van der Waals surface area contributed by atoms with Crippen LogP contribution in [0.3, 0.4) is 0 Å². The van der Waals surface area contributed by atoms with Crippen molar-refractivity contribution in [2.75, 3.05) is 0 Å². The Bertz CT molecular complexity index is 959. The zero-order valence-electron chi connectivity index (χ0n) is 19.0. The van der Waals surface area contributed by atoms with Crippen molar-refractivity contribution in [1.82, 2.24) is 31.1 Å². The molecule has 11 heteroatoms. The number of carbonyl (C=O) groups is 3. The number of amides is 3. The lowest BCUT2D eigenvalue weighted by Gasteiger charge is -2.28. The van der Waals surface area contributed by atoms with Gasteiger partial charge >= 0.3 is 0 Å². The summed E-state index contributed by atoms with van der Waals surface area (Å²) < 4.78 is 14.5. The summed E-state index contributed by atoms with van der Waals surface area (Å²) in [6.07, 6.45) is 6.74. The summed E-state index contributed by atoms with van der Waals surface area (Å²) in [5, 5.41) is 22.5. The Morgan fingerprint density at radius 2 is 1.79 bits per heavy atom. The molecule has 0 spiro atoms. The van der Waals surface area contributed by atoms with Crippen molar-refractivity contribution in [1.29, 1.82) is 0 Å². The van der Waals surface area contributed by atoms with Gasteiger partial charge in [0.15, 0.2) is 0 Å². The van der Waals surface area contributed by atoms with Gasteiger partial charge in [-0.15, -0.1) is 5.10 Å². The Hall–Kier alpha value is -3.34. The lowest BCUT2D eigenvalue weighted by molar-refractivity contribution is -0.136. The SMILES string of the molecule is O=C(CC(C(=O)NCc1cn(CCC(=O)NCc2ccc(F)cc2)nn1)C1CCCCC1)NO. The van der Waals surface area contributed by atoms with E-state index in [1.165, 1.54) is 16.8 Å². The number of hydrogen-bond donors (Lipinski definition) is 4. The minimum Gasteiger partial charge on any atom is -0.352 e. The van der Waals surface area contributed by atoms with Crippen LogP contribution in [-0.4, -0.2) is 37.9 Å². The molecule has 1 aliphatic rings. The first kappa shape index (κ1) is 25.3. The molecular formula is C23H31FN6O4. The minimum atomic E-state index is -0.575. The quantitative estimate of drug-likeness (QED) is 0.290. The van der Waals surface area contributed by atoms with E-state index in [0.717, 1.165) is 37.7 Å². The van der Waals surface area contributed by atoms with Crippen molar-refractivity contribution >= 4 is 17.7 Å². The molecule has 34 heavy (non-hydrogen) atoms. The summed E-state index contributed by atoms with van der Waals surface area (Å²) in [6, 6.07) is 5.91. The van der Waals surface area contributed by atoms with E-state index in [4.69, 9.17) is 5.21 Å². The molecule has 1 aromatic carbocycles. The van der Waals surface area contributed by atoms with Gasteiger partial charge in [0, 0.05) is 25.3 Å². The highest BCUT2D eigenvalue weighted by Gasteiger charge is 2.31. The van der Waals surface area contributed by atoms with Gasteiger partial charge in [0.05, 0.1) is 19.3 Å². The van der Waals surface area contributed by atoms with Crippen LogP contribution in [0.4, 0.5) is 4.39 Å². The van der Waals surface area contributed by atoms with Crippen molar-refractivity contribution < 1.29 is 24.0 Å². The Balaban J connectivity index is 1.43. The molecule has 184 valence electrons. The molecule has 0 bridgehead atoms. The normalized spacial score (nSPS) is 14.9. The van der Waals surface area contributed by atoms with Crippen molar-refractivity contribution in [3.8, 4) is 0 Å². The van der Waals surface area contributed by atoms with Crippen molar-refractivity contribution in [3.05, 3.63) is 47.5 Å². The molecule has 1 heterocycles. The molecule has 0 saturated heterocycles. The smallest absolute Gasteiger partial charge is 0.244 e. The van der Waals surface area contributed by atoms with Gasteiger partial charge in [-0.3, -0.25) is 24.3 Å². The molecule has 4 N–H and O–H groups in total. The number of nitrogens with one attached hydrogen (secondary N) is 3. The number of benzene rings is 1. The van der Waals surface area contributed by atoms with E-state index < -0.39 is 11.8 Å². The second-order valence-corrected chi connectivity index (χ2v) is 8.59. The third-order valence-corrected chi connectivity index (χ3v) is 6.09. The Kier molecular flexibility index (Phi) is 9.51. The highest BCUT2D eigenvalue weighted by atomic mass is 19.1. The molecule has 0 aliphatic heterocycles. The Morgan fingerprint density at radius 1 is 1.06 bits per heavy atom. The van der Waals surface area contributed by atoms with Gasteiger partial charge < -0.3 is 10.6 Å². The number of aryl methyl sites for hydroxylation is 1. The van der Waals surface area contributed by atoms with E-state index in [0.29, 0.717) is 18.8 Å². The molecule has 10 nitrogen and oxygen atoms in total. The van der Waals surface area contributed by atoms with Gasteiger partial charge in [-0.1, -0.05) is 36.6 Å². The average Bonchev–Trinajstić information content (AvgIpc) is 3.32. The lowest BCUT2D eigenvalue weighted by atomic mass is 9.78. The van der Waals surface area contributed by atoms with Crippen LogP contribution in [0.2, 0.25) is 0 Å². The van der Waals surface area contributed by atoms with Gasteiger partial charge in [-0.25, -0.2) is 9.87 Å². The van der Waals surface area contributed by atoms with Gasteiger partial charge in [0.1, 0.15) is 11.5 Å². The first-order chi connectivity index (χ1) is 16.4. The van der Waals surface area contributed by atoms with Gasteiger partial charge in [0.25, 0.3) is 0 Å². The number of carbonyl (C=O) groups excluding carboxylic acids is 3. The Morgan fingerprint density at radius 3 is 2.50 bits per heavy atom. The fraction of sp³-hybridized carbons (Fsp3) is 0.522. The van der Waals surface area contributed by atoms with Gasteiger partial charge in [0.2, 0.25) is 17.7 Å². The molecule has 2 aromatic rings. The third kappa shape index (κ3) is 7.91. The second-order valence-electron chi connectivity index (χ2n) is 8.59. The van der Waals surface area contributed by atoms with Crippen LogP contribution >= 0.6 is 0 Å². The van der Waals surface area contributed by atoms with Crippen molar-refractivity contribution in [2.24, 2.45) is 11.8 Å². The first-order valence-corrected chi connectivity index (χ1v) is 11.6. The van der Waals surface area contributed by atoms with Crippen molar-refractivity contribution in [2.45, 2.75) is 64.6 Å². The topological polar surface area (TPSA) is 138 Å². The van der Waals surface area contributed by atoms with Gasteiger partial charge in [-0.05, 0) is 36.5 Å². The number of rotatable bonds is 11. The lowest BCUT2D eigenvalue weighted by Crippen LogP contribution is -2.38. The fourth-order valence-corrected chi connectivity index (χ4v) is 4.20. The summed E-state index contributed by atoms with van der Waals surface area (Å²) in [6.45, 7) is 0.779. The molecule has 1 atom stereocenters. The van der Waals surface area contributed by atoms with Gasteiger partial charge in [-0.2, -0.15) is 0 Å². The van der Waals surface area contributed by atoms with Crippen LogP contribution < -0.4 is 16.1 Å². The molecule has 1 aliphatic carbocycles. The van der Waals surface area contributed by atoms with E-state index in [2.05, 4.69) is 20.9 Å². The molecular weight excluding hydrogens is 443 g/mol. The molecule has 1 aromatic heterocycles. The molecule has 3 rings (SSSR count). The van der Waals surface area contributed by atoms with E-state index >= 15 is 0 Å². The average molecular weight is 475 g/mol. The number of hydroxylamine groups is 1. The maximum atomic E-state index is 12.9. The van der Waals surface area contributed by atoms with Crippen LogP contribution in [0.15, 0.2) is 30.5 Å². The summed E-state index contributed by atoms with van der Waals surface area (Å²) >= 11 is 0. The third-order valence-electron chi connectivity index (χ3n) is 6.09. The highest BCUT2D eigenvalue weighted by Crippen LogP contribution is 2.32. The van der Waals surface area contributed by atoms with E-state index in [-0.39, 0.29) is 42.9 Å². The predicted octanol–water partition coefficient (Wildman–Crippen LogP) is 1.83. The minimum absolute atomic E-state index is 0.0628. The summed E-state index contributed by atoms with van der Waals surface area (Å²) in [5.41, 5.74) is 2.96. The molecule has 1 unspecified atom stereocenters. The Labute approximate surface area is 197 Å². The zero-order valence-corrected chi connectivity index (χ0v) is 19.0. The molecule has 3 amide bonds. The highest BCUT2D eigenvalue weighted by molar-refractivity contribution is 5.85. The number of halogens is 1. The van der Waals surface area contributed by atoms with E-state index in [9.17, 15) is 18.8 Å². The van der Waals surface area contributed by atoms with Crippen molar-refractivity contribution in [3.63, 3.8) is 0 Å². The maximum Gasteiger partial charge on any atom is 0.244 e. The molecule has 1 saturated carbocycles. The standard InChI is InChI=1S/C23H31FN6O4/c24-18-8-6-16(7-9-18)13-25-21(31)10-11-30-15-19(27-29-30)14-26-23(33)20(12-22(32)28-34)17-4-2-1-3-5-17/h6-9,15,17,20,34H,1-5,10-14H2,(H,25,31)(H,26,33)(H,28,32). The second kappa shape index (κ2) is 12.8. The maximum absolute atomic E-state index is 12.9. The summed E-state index contributed by atoms with van der Waals surface area (Å²) in [5.74, 6) is -1.72. The number of nitrogens with zero attached hydrogens (tertiary/aromatic N) is 3. The summed E-state index contributed by atoms with van der Waals surface area (Å²) in [7, 11) is 0. The largest absolute Gasteiger partial charge is 0.352 e. The predicted molar refractivity (Wildman–Crippen MR) is 119 cm³/mol. The van der Waals surface area contributed by atoms with Crippen LogP contribution in [0.25, 0.3) is 0 Å². The zero-order chi connectivity index (χ0) is 24.3. The van der Waals surface area contributed by atoms with E-state index in [1.807, 2.05) is 0 Å². The fourth-order valence-electron chi connectivity index (χ4n) is 4.20. The summed E-state index contributed by atoms with van der Waals surface area (Å²) in [4.78, 5) is 36.6. The van der Waals surface area contributed by atoms with Crippen LogP contribution in [0, 0.1) is 17.7 Å². The number of hydrogen-bond acceptors (Lipinski definition) is 6. The number of aromatic nitrogens is 3. The van der Waals surface area contributed by atoms with Crippen LogP contribution in [-0.2, 0) is 34.0 Å². The van der Waals surface area contributed by atoms with Crippen LogP contribution in [0.1, 0.15) is 56.2 Å². The molecule has 0 radical (unpaired) electrons. The molecule has 1 fully saturated rings. The van der Waals surface area contributed by atoms with E-state index in [1.54, 1.807) is 23.8 Å². The monoisotopic (exact) mass is 474 g/mol.